The minimum absolute atomic E-state index is 0.202. The first-order valence-electron chi connectivity index (χ1n) is 7.35. The zero-order valence-corrected chi connectivity index (χ0v) is 15.2. The Labute approximate surface area is 135 Å². The Hall–Kier alpha value is 0.0600. The van der Waals surface area contributed by atoms with Crippen LogP contribution in [0.25, 0.3) is 0 Å². The molecule has 0 aromatic carbocycles. The standard InChI is InChI=1S/C15H26BrN3S/c1-5-11(17)15(13-6-7-14(16)20-13)19-8-10(2)12(9-19)18(3)4/h6-7,10-12,15H,5,8-9,17H2,1-4H3. The van der Waals surface area contributed by atoms with E-state index in [0.29, 0.717) is 18.0 Å². The van der Waals surface area contributed by atoms with Crippen LogP contribution < -0.4 is 5.73 Å². The summed E-state index contributed by atoms with van der Waals surface area (Å²) in [6.07, 6.45) is 1.01. The van der Waals surface area contributed by atoms with Gasteiger partial charge in [-0.2, -0.15) is 0 Å². The summed E-state index contributed by atoms with van der Waals surface area (Å²) < 4.78 is 1.19. The fourth-order valence-corrected chi connectivity index (χ4v) is 4.89. The minimum atomic E-state index is 0.202. The lowest BCUT2D eigenvalue weighted by Crippen LogP contribution is -2.41. The smallest absolute Gasteiger partial charge is 0.0702 e. The molecule has 4 unspecified atom stereocenters. The molecular formula is C15H26BrN3S. The summed E-state index contributed by atoms with van der Waals surface area (Å²) in [4.78, 5) is 6.32. The van der Waals surface area contributed by atoms with E-state index in [1.807, 2.05) is 11.3 Å². The molecule has 5 heteroatoms. The van der Waals surface area contributed by atoms with Crippen molar-refractivity contribution in [3.05, 3.63) is 20.8 Å². The largest absolute Gasteiger partial charge is 0.326 e. The summed E-state index contributed by atoms with van der Waals surface area (Å²) in [6.45, 7) is 6.78. The lowest BCUT2D eigenvalue weighted by atomic mass is 10.0. The summed E-state index contributed by atoms with van der Waals surface area (Å²) in [5, 5.41) is 0. The number of halogens is 1. The highest BCUT2D eigenvalue weighted by molar-refractivity contribution is 9.11. The molecule has 3 nitrogen and oxygen atoms in total. The molecule has 1 aliphatic rings. The van der Waals surface area contributed by atoms with Gasteiger partial charge in [-0.1, -0.05) is 13.8 Å². The predicted molar refractivity (Wildman–Crippen MR) is 91.2 cm³/mol. The molecule has 0 bridgehead atoms. The monoisotopic (exact) mass is 359 g/mol. The van der Waals surface area contributed by atoms with Gasteiger partial charge in [0, 0.05) is 30.1 Å². The Kier molecular flexibility index (Phi) is 5.65. The number of nitrogens with two attached hydrogens (primary N) is 1. The molecule has 114 valence electrons. The first-order chi connectivity index (χ1) is 9.43. The van der Waals surface area contributed by atoms with Gasteiger partial charge in [0.1, 0.15) is 0 Å². The van der Waals surface area contributed by atoms with Crippen molar-refractivity contribution in [2.75, 3.05) is 27.2 Å². The van der Waals surface area contributed by atoms with Crippen molar-refractivity contribution in [3.8, 4) is 0 Å². The first kappa shape index (κ1) is 16.4. The third kappa shape index (κ3) is 3.45. The number of likely N-dealkylation sites (tertiary alicyclic amines) is 1. The normalized spacial score (nSPS) is 27.1. The molecule has 0 aliphatic carbocycles. The van der Waals surface area contributed by atoms with E-state index >= 15 is 0 Å². The maximum Gasteiger partial charge on any atom is 0.0702 e. The van der Waals surface area contributed by atoms with Gasteiger partial charge in [-0.05, 0) is 54.5 Å². The molecule has 1 aromatic heterocycles. The number of rotatable bonds is 5. The highest BCUT2D eigenvalue weighted by atomic mass is 79.9. The lowest BCUT2D eigenvalue weighted by molar-refractivity contribution is 0.192. The van der Waals surface area contributed by atoms with Crippen molar-refractivity contribution in [2.45, 2.75) is 38.4 Å². The fourth-order valence-electron chi connectivity index (χ4n) is 3.26. The van der Waals surface area contributed by atoms with E-state index in [4.69, 9.17) is 5.73 Å². The molecule has 0 amide bonds. The molecular weight excluding hydrogens is 334 g/mol. The van der Waals surface area contributed by atoms with Gasteiger partial charge in [-0.15, -0.1) is 11.3 Å². The Morgan fingerprint density at radius 1 is 1.45 bits per heavy atom. The Morgan fingerprint density at radius 2 is 2.15 bits per heavy atom. The molecule has 1 aliphatic heterocycles. The summed E-state index contributed by atoms with van der Waals surface area (Å²) in [6, 6.07) is 5.54. The van der Waals surface area contributed by atoms with Gasteiger partial charge < -0.3 is 10.6 Å². The van der Waals surface area contributed by atoms with Gasteiger partial charge in [0.05, 0.1) is 9.83 Å². The van der Waals surface area contributed by atoms with Gasteiger partial charge in [-0.25, -0.2) is 0 Å². The predicted octanol–water partition coefficient (Wildman–Crippen LogP) is 3.17. The molecule has 2 heterocycles. The van der Waals surface area contributed by atoms with Crippen LogP contribution >= 0.6 is 27.3 Å². The van der Waals surface area contributed by atoms with Crippen LogP contribution in [0.2, 0.25) is 0 Å². The van der Waals surface area contributed by atoms with E-state index in [1.54, 1.807) is 0 Å². The van der Waals surface area contributed by atoms with Gasteiger partial charge in [0.15, 0.2) is 0 Å². The number of hydrogen-bond donors (Lipinski definition) is 1. The van der Waals surface area contributed by atoms with Gasteiger partial charge in [-0.3, -0.25) is 4.90 Å². The molecule has 1 fully saturated rings. The second kappa shape index (κ2) is 6.88. The topological polar surface area (TPSA) is 32.5 Å². The number of thiophene rings is 1. The van der Waals surface area contributed by atoms with Crippen LogP contribution in [0.1, 0.15) is 31.2 Å². The highest BCUT2D eigenvalue weighted by Gasteiger charge is 2.37. The molecule has 1 aromatic rings. The second-order valence-corrected chi connectivity index (χ2v) is 8.62. The van der Waals surface area contributed by atoms with E-state index in [9.17, 15) is 0 Å². The molecule has 20 heavy (non-hydrogen) atoms. The van der Waals surface area contributed by atoms with E-state index in [2.05, 4.69) is 65.8 Å². The third-order valence-electron chi connectivity index (χ3n) is 4.42. The number of hydrogen-bond acceptors (Lipinski definition) is 4. The van der Waals surface area contributed by atoms with Crippen LogP contribution in [0.4, 0.5) is 0 Å². The minimum Gasteiger partial charge on any atom is -0.326 e. The van der Waals surface area contributed by atoms with Crippen LogP contribution in [0.15, 0.2) is 15.9 Å². The fraction of sp³-hybridized carbons (Fsp3) is 0.733. The average molecular weight is 360 g/mol. The zero-order chi connectivity index (χ0) is 14.9. The SMILES string of the molecule is CCC(N)C(c1ccc(Br)s1)N1CC(C)C(N(C)C)C1. The van der Waals surface area contributed by atoms with E-state index in [0.717, 1.165) is 19.5 Å². The summed E-state index contributed by atoms with van der Waals surface area (Å²) in [5.74, 6) is 0.694. The van der Waals surface area contributed by atoms with Crippen LogP contribution in [0.5, 0.6) is 0 Å². The van der Waals surface area contributed by atoms with Gasteiger partial charge in [0.2, 0.25) is 0 Å². The van der Waals surface area contributed by atoms with Crippen LogP contribution in [-0.2, 0) is 0 Å². The maximum absolute atomic E-state index is 6.44. The lowest BCUT2D eigenvalue weighted by Gasteiger charge is -2.32. The van der Waals surface area contributed by atoms with Crippen molar-refractivity contribution >= 4 is 27.3 Å². The summed E-state index contributed by atoms with van der Waals surface area (Å²) >= 11 is 5.40. The zero-order valence-electron chi connectivity index (χ0n) is 12.8. The summed E-state index contributed by atoms with van der Waals surface area (Å²) in [7, 11) is 4.36. The third-order valence-corrected chi connectivity index (χ3v) is 6.11. The number of nitrogens with zero attached hydrogens (tertiary/aromatic N) is 2. The first-order valence-corrected chi connectivity index (χ1v) is 8.96. The van der Waals surface area contributed by atoms with Gasteiger partial charge in [0.25, 0.3) is 0 Å². The molecule has 1 saturated heterocycles. The van der Waals surface area contributed by atoms with Crippen molar-refractivity contribution < 1.29 is 0 Å². The summed E-state index contributed by atoms with van der Waals surface area (Å²) in [5.41, 5.74) is 6.44. The van der Waals surface area contributed by atoms with E-state index in [1.165, 1.54) is 8.66 Å². The quantitative estimate of drug-likeness (QED) is 0.876. The van der Waals surface area contributed by atoms with Crippen molar-refractivity contribution in [1.82, 2.24) is 9.80 Å². The van der Waals surface area contributed by atoms with Crippen molar-refractivity contribution in [3.63, 3.8) is 0 Å². The molecule has 2 rings (SSSR count). The van der Waals surface area contributed by atoms with E-state index in [-0.39, 0.29) is 6.04 Å². The Balaban J connectivity index is 2.20. The second-order valence-electron chi connectivity index (χ2n) is 6.12. The van der Waals surface area contributed by atoms with E-state index < -0.39 is 0 Å². The Bertz CT molecular complexity index is 435. The van der Waals surface area contributed by atoms with Crippen molar-refractivity contribution in [2.24, 2.45) is 11.7 Å². The van der Waals surface area contributed by atoms with Crippen LogP contribution in [0.3, 0.4) is 0 Å². The van der Waals surface area contributed by atoms with Gasteiger partial charge >= 0.3 is 0 Å². The molecule has 0 saturated carbocycles. The molecule has 2 N–H and O–H groups in total. The molecule has 0 radical (unpaired) electrons. The Morgan fingerprint density at radius 3 is 2.60 bits per heavy atom. The average Bonchev–Trinajstić information content (AvgIpc) is 2.96. The molecule has 0 spiro atoms. The highest BCUT2D eigenvalue weighted by Crippen LogP contribution is 2.36. The molecule has 4 atom stereocenters. The number of likely N-dealkylation sites (N-methyl/N-ethyl adjacent to an activating group) is 1. The van der Waals surface area contributed by atoms with Crippen LogP contribution in [0, 0.1) is 5.92 Å². The van der Waals surface area contributed by atoms with Crippen LogP contribution in [-0.4, -0.2) is 49.1 Å². The van der Waals surface area contributed by atoms with Crippen molar-refractivity contribution in [1.29, 1.82) is 0 Å². The maximum atomic E-state index is 6.44.